The first kappa shape index (κ1) is 13.5. The molecule has 1 fully saturated rings. The molecule has 1 aliphatic heterocycles. The van der Waals surface area contributed by atoms with Crippen LogP contribution < -0.4 is 0 Å². The van der Waals surface area contributed by atoms with E-state index >= 15 is 0 Å². The summed E-state index contributed by atoms with van der Waals surface area (Å²) in [6.45, 7) is 7.49. The van der Waals surface area contributed by atoms with E-state index in [4.69, 9.17) is 9.47 Å². The van der Waals surface area contributed by atoms with Crippen LogP contribution in [-0.2, 0) is 22.6 Å². The van der Waals surface area contributed by atoms with Crippen molar-refractivity contribution in [3.63, 3.8) is 0 Å². The number of rotatable bonds is 6. The number of methoxy groups -OCH3 is 1. The van der Waals surface area contributed by atoms with Crippen molar-refractivity contribution in [2.24, 2.45) is 0 Å². The Labute approximate surface area is 109 Å². The second kappa shape index (κ2) is 6.87. The molecule has 1 atom stereocenters. The average molecular weight is 253 g/mol. The van der Waals surface area contributed by atoms with E-state index in [2.05, 4.69) is 23.0 Å². The van der Waals surface area contributed by atoms with E-state index in [0.717, 1.165) is 51.5 Å². The highest BCUT2D eigenvalue weighted by molar-refractivity contribution is 4.99. The van der Waals surface area contributed by atoms with Gasteiger partial charge in [0.15, 0.2) is 0 Å². The number of morpholine rings is 1. The number of hydrogen-bond donors (Lipinski definition) is 0. The highest BCUT2D eigenvalue weighted by Crippen LogP contribution is 2.11. The molecule has 1 saturated heterocycles. The molecule has 0 radical (unpaired) electrons. The van der Waals surface area contributed by atoms with E-state index < -0.39 is 0 Å². The van der Waals surface area contributed by atoms with Crippen LogP contribution >= 0.6 is 0 Å². The second-order valence-electron chi connectivity index (χ2n) is 4.67. The van der Waals surface area contributed by atoms with Gasteiger partial charge in [-0.3, -0.25) is 9.58 Å². The smallest absolute Gasteiger partial charge is 0.0764 e. The van der Waals surface area contributed by atoms with Gasteiger partial charge in [0.25, 0.3) is 0 Å². The van der Waals surface area contributed by atoms with Crippen molar-refractivity contribution >= 4 is 0 Å². The molecule has 2 heterocycles. The molecule has 0 aliphatic carbocycles. The average Bonchev–Trinajstić information content (AvgIpc) is 2.84. The Morgan fingerprint density at radius 2 is 2.44 bits per heavy atom. The highest BCUT2D eigenvalue weighted by Gasteiger charge is 2.20. The van der Waals surface area contributed by atoms with Crippen molar-refractivity contribution < 1.29 is 9.47 Å². The van der Waals surface area contributed by atoms with Gasteiger partial charge in [0.2, 0.25) is 0 Å². The largest absolute Gasteiger partial charge is 0.385 e. The zero-order valence-corrected chi connectivity index (χ0v) is 11.3. The van der Waals surface area contributed by atoms with Crippen molar-refractivity contribution in [1.82, 2.24) is 14.7 Å². The summed E-state index contributed by atoms with van der Waals surface area (Å²) in [5.74, 6) is 0. The molecule has 0 unspecified atom stereocenters. The number of ether oxygens (including phenoxy) is 2. The fourth-order valence-electron chi connectivity index (χ4n) is 2.24. The molecule has 5 nitrogen and oxygen atoms in total. The normalized spacial score (nSPS) is 21.3. The van der Waals surface area contributed by atoms with Gasteiger partial charge in [-0.05, 0) is 19.4 Å². The van der Waals surface area contributed by atoms with E-state index in [1.807, 2.05) is 10.9 Å². The van der Waals surface area contributed by atoms with Gasteiger partial charge in [-0.25, -0.2) is 0 Å². The molecule has 2 rings (SSSR count). The molecule has 5 heteroatoms. The van der Waals surface area contributed by atoms with Gasteiger partial charge in [-0.15, -0.1) is 0 Å². The maximum absolute atomic E-state index is 5.73. The maximum Gasteiger partial charge on any atom is 0.0764 e. The zero-order valence-electron chi connectivity index (χ0n) is 11.3. The first-order chi connectivity index (χ1) is 8.81. The molecular formula is C13H23N3O2. The summed E-state index contributed by atoms with van der Waals surface area (Å²) in [4.78, 5) is 2.41. The van der Waals surface area contributed by atoms with E-state index in [-0.39, 0.29) is 0 Å². The monoisotopic (exact) mass is 253 g/mol. The molecule has 0 amide bonds. The lowest BCUT2D eigenvalue weighted by Gasteiger charge is -2.32. The van der Waals surface area contributed by atoms with Crippen molar-refractivity contribution in [1.29, 1.82) is 0 Å². The van der Waals surface area contributed by atoms with Crippen LogP contribution in [0.4, 0.5) is 0 Å². The standard InChI is InChI=1S/C13H23N3O2/c1-3-16-6-4-12(14-16)10-15-7-9-18-13(11-15)5-8-17-2/h4,6,13H,3,5,7-11H2,1-2H3/t13-/m1/s1. The zero-order chi connectivity index (χ0) is 12.8. The Morgan fingerprint density at radius 3 is 3.17 bits per heavy atom. The first-order valence-electron chi connectivity index (χ1n) is 6.67. The lowest BCUT2D eigenvalue weighted by molar-refractivity contribution is -0.0435. The quantitative estimate of drug-likeness (QED) is 0.762. The number of hydrogen-bond acceptors (Lipinski definition) is 4. The summed E-state index contributed by atoms with van der Waals surface area (Å²) in [5, 5.41) is 4.52. The number of aryl methyl sites for hydroxylation is 1. The molecule has 0 saturated carbocycles. The van der Waals surface area contributed by atoms with E-state index in [9.17, 15) is 0 Å². The minimum atomic E-state index is 0.298. The maximum atomic E-state index is 5.73. The molecule has 1 aromatic rings. The molecule has 18 heavy (non-hydrogen) atoms. The van der Waals surface area contributed by atoms with Gasteiger partial charge < -0.3 is 9.47 Å². The Balaban J connectivity index is 1.81. The third kappa shape index (κ3) is 3.80. The van der Waals surface area contributed by atoms with Crippen LogP contribution in [0.2, 0.25) is 0 Å². The summed E-state index contributed by atoms with van der Waals surface area (Å²) in [7, 11) is 1.73. The molecule has 0 bridgehead atoms. The van der Waals surface area contributed by atoms with E-state index in [0.29, 0.717) is 6.10 Å². The SMILES string of the molecule is CCn1ccc(CN2CCO[C@H](CCOC)C2)n1. The summed E-state index contributed by atoms with van der Waals surface area (Å²) in [6.07, 6.45) is 3.31. The van der Waals surface area contributed by atoms with Crippen LogP contribution in [-0.4, -0.2) is 54.2 Å². The van der Waals surface area contributed by atoms with E-state index in [1.54, 1.807) is 7.11 Å². The highest BCUT2D eigenvalue weighted by atomic mass is 16.5. The van der Waals surface area contributed by atoms with Crippen LogP contribution in [0.1, 0.15) is 19.0 Å². The van der Waals surface area contributed by atoms with E-state index in [1.165, 1.54) is 0 Å². The molecule has 1 aromatic heterocycles. The topological polar surface area (TPSA) is 39.5 Å². The van der Waals surface area contributed by atoms with Crippen molar-refractivity contribution in [2.75, 3.05) is 33.4 Å². The molecular weight excluding hydrogens is 230 g/mol. The summed E-state index contributed by atoms with van der Waals surface area (Å²) < 4.78 is 12.8. The third-order valence-electron chi connectivity index (χ3n) is 3.27. The minimum absolute atomic E-state index is 0.298. The molecule has 0 aromatic carbocycles. The van der Waals surface area contributed by atoms with Crippen molar-refractivity contribution in [2.45, 2.75) is 32.5 Å². The molecule has 1 aliphatic rings. The van der Waals surface area contributed by atoms with Gasteiger partial charge in [0, 0.05) is 46.1 Å². The fourth-order valence-corrected chi connectivity index (χ4v) is 2.24. The van der Waals surface area contributed by atoms with Crippen LogP contribution in [0, 0.1) is 0 Å². The second-order valence-corrected chi connectivity index (χ2v) is 4.67. The van der Waals surface area contributed by atoms with Gasteiger partial charge in [-0.1, -0.05) is 0 Å². The third-order valence-corrected chi connectivity index (χ3v) is 3.27. The Hall–Kier alpha value is -0.910. The van der Waals surface area contributed by atoms with Crippen LogP contribution in [0.15, 0.2) is 12.3 Å². The van der Waals surface area contributed by atoms with Crippen molar-refractivity contribution in [3.05, 3.63) is 18.0 Å². The Bertz CT molecular complexity index is 354. The number of nitrogens with zero attached hydrogens (tertiary/aromatic N) is 3. The molecule has 102 valence electrons. The lowest BCUT2D eigenvalue weighted by atomic mass is 10.2. The predicted molar refractivity (Wildman–Crippen MR) is 69.4 cm³/mol. The predicted octanol–water partition coefficient (Wildman–Crippen LogP) is 1.14. The van der Waals surface area contributed by atoms with Gasteiger partial charge in [-0.2, -0.15) is 5.10 Å². The molecule has 0 N–H and O–H groups in total. The lowest BCUT2D eigenvalue weighted by Crippen LogP contribution is -2.42. The summed E-state index contributed by atoms with van der Waals surface area (Å²) in [6, 6.07) is 2.10. The molecule has 0 spiro atoms. The summed E-state index contributed by atoms with van der Waals surface area (Å²) >= 11 is 0. The van der Waals surface area contributed by atoms with Crippen LogP contribution in [0.25, 0.3) is 0 Å². The summed E-state index contributed by atoms with van der Waals surface area (Å²) in [5.41, 5.74) is 1.14. The minimum Gasteiger partial charge on any atom is -0.385 e. The van der Waals surface area contributed by atoms with Crippen LogP contribution in [0.3, 0.4) is 0 Å². The van der Waals surface area contributed by atoms with Crippen molar-refractivity contribution in [3.8, 4) is 0 Å². The van der Waals surface area contributed by atoms with Gasteiger partial charge in [0.05, 0.1) is 18.4 Å². The Kier molecular flexibility index (Phi) is 5.16. The Morgan fingerprint density at radius 1 is 1.56 bits per heavy atom. The fraction of sp³-hybridized carbons (Fsp3) is 0.769. The van der Waals surface area contributed by atoms with Gasteiger partial charge >= 0.3 is 0 Å². The van der Waals surface area contributed by atoms with Crippen LogP contribution in [0.5, 0.6) is 0 Å². The first-order valence-corrected chi connectivity index (χ1v) is 6.67. The van der Waals surface area contributed by atoms with Gasteiger partial charge in [0.1, 0.15) is 0 Å². The number of aromatic nitrogens is 2.